The predicted octanol–water partition coefficient (Wildman–Crippen LogP) is 9.10. The number of ether oxygens (including phenoxy) is 1. The molecule has 6 aromatic carbocycles. The third-order valence-electron chi connectivity index (χ3n) is 15.6. The van der Waals surface area contributed by atoms with Gasteiger partial charge in [-0.1, -0.05) is 106 Å². The number of hydrogen-bond acceptors (Lipinski definition) is 26. The molecule has 0 saturated heterocycles. The quantitative estimate of drug-likeness (QED) is 0.00426. The number of rotatable bonds is 29. The Morgan fingerprint density at radius 1 is 0.646 bits per heavy atom. The number of aromatic nitrogens is 4. The molecule has 0 spiro atoms. The Labute approximate surface area is 729 Å². The molecule has 0 atom stereocenters. The van der Waals surface area contributed by atoms with Crippen LogP contribution in [-0.4, -0.2) is 124 Å². The number of anilines is 6. The van der Waals surface area contributed by atoms with Crippen LogP contribution >= 0.6 is 68.7 Å². The topological polar surface area (TPSA) is 469 Å². The third-order valence-corrected chi connectivity index (χ3v) is 20.8. The molecule has 2 aromatic heterocycles. The number of nitrogen functional groups attached to an aromatic ring is 1. The number of nitrogens with zero attached hydrogens (tertiary/aromatic N) is 11. The van der Waals surface area contributed by atoms with E-state index in [1.54, 1.807) is 36.4 Å². The van der Waals surface area contributed by atoms with Crippen molar-refractivity contribution in [2.24, 2.45) is 20.5 Å². The summed E-state index contributed by atoms with van der Waals surface area (Å²) >= 11 is 31.8. The monoisotopic (exact) mass is 1760 g/mol. The van der Waals surface area contributed by atoms with Gasteiger partial charge in [-0.05, 0) is 147 Å². The van der Waals surface area contributed by atoms with Gasteiger partial charge in [0.15, 0.2) is 23.8 Å². The van der Waals surface area contributed by atoms with Crippen molar-refractivity contribution < 1.29 is 130 Å². The van der Waals surface area contributed by atoms with Gasteiger partial charge in [-0.25, -0.2) is 43.5 Å². The first kappa shape index (κ1) is 98.3. The summed E-state index contributed by atoms with van der Waals surface area (Å²) in [4.78, 5) is 38.3. The van der Waals surface area contributed by atoms with E-state index in [2.05, 4.69) is 53.6 Å². The maximum atomic E-state index is 12.2. The number of benzene rings is 6. The van der Waals surface area contributed by atoms with E-state index < -0.39 is 71.9 Å². The zero-order chi connectivity index (χ0) is 82.9. The molecule has 2 amide bonds. The van der Waals surface area contributed by atoms with Gasteiger partial charge in [-0.2, -0.15) is 15.6 Å². The van der Waals surface area contributed by atoms with E-state index in [0.717, 1.165) is 23.9 Å². The van der Waals surface area contributed by atoms with Crippen LogP contribution < -0.4 is 100 Å². The molecule has 0 bridgehead atoms. The van der Waals surface area contributed by atoms with Crippen LogP contribution in [0.4, 0.5) is 57.1 Å². The van der Waals surface area contributed by atoms with Gasteiger partial charge in [0.05, 0.1) is 78.0 Å². The first-order valence-electron chi connectivity index (χ1n) is 33.3. The molecule has 0 fully saturated rings. The second-order valence-electron chi connectivity index (χ2n) is 26.2. The Kier molecular flexibility index (Phi) is 37.2. The van der Waals surface area contributed by atoms with Gasteiger partial charge in [0.2, 0.25) is 11.8 Å². The van der Waals surface area contributed by atoms with Crippen molar-refractivity contribution in [2.45, 2.75) is 116 Å². The van der Waals surface area contributed by atoms with Gasteiger partial charge in [-0.3, -0.25) is 14.4 Å². The van der Waals surface area contributed by atoms with E-state index in [1.807, 2.05) is 65.2 Å². The Hall–Kier alpha value is -7.05. The molecular weight excluding hydrogens is 1690 g/mol. The van der Waals surface area contributed by atoms with Gasteiger partial charge in [-0.15, -0.1) is 14.9 Å². The minimum absolute atomic E-state index is 0. The van der Waals surface area contributed by atoms with Crippen LogP contribution in [0, 0.1) is 22.7 Å². The number of nitrogens with two attached hydrogens (primary N) is 1. The fourth-order valence-corrected chi connectivity index (χ4v) is 14.4. The van der Waals surface area contributed by atoms with Crippen molar-refractivity contribution in [3.63, 3.8) is 0 Å². The number of carbonyl (C=O) groups is 3. The molecule has 31 nitrogen and oxygen atoms in total. The first-order chi connectivity index (χ1) is 51.7. The number of halogens is 6. The molecule has 0 radical (unpaired) electrons. The molecule has 43 heteroatoms. The molecule has 113 heavy (non-hydrogen) atoms. The number of H-pyrrole nitrogens is 1. The summed E-state index contributed by atoms with van der Waals surface area (Å²) in [6, 6.07) is 31.1. The molecular formula is C70H76Cl6N16Na2O15S4. The second-order valence-corrected chi connectivity index (χ2v) is 35.2. The summed E-state index contributed by atoms with van der Waals surface area (Å²) in [7, 11) is -12.0. The van der Waals surface area contributed by atoms with Gasteiger partial charge in [0.1, 0.15) is 50.6 Å². The molecule has 594 valence electrons. The number of nitriles is 2. The van der Waals surface area contributed by atoms with Crippen molar-refractivity contribution in [3.8, 4) is 29.3 Å². The van der Waals surface area contributed by atoms with Crippen LogP contribution in [0.2, 0.25) is 20.1 Å². The molecule has 8 aromatic rings. The van der Waals surface area contributed by atoms with Crippen LogP contribution in [0.15, 0.2) is 139 Å². The number of amides is 2. The van der Waals surface area contributed by atoms with Crippen molar-refractivity contribution in [1.29, 1.82) is 10.5 Å². The van der Waals surface area contributed by atoms with Gasteiger partial charge in [0.25, 0.3) is 14.3 Å². The Morgan fingerprint density at radius 3 is 1.57 bits per heavy atom. The van der Waals surface area contributed by atoms with Crippen LogP contribution in [0.1, 0.15) is 128 Å². The van der Waals surface area contributed by atoms with E-state index in [1.165, 1.54) is 77.8 Å². The molecule has 0 aliphatic rings. The van der Waals surface area contributed by atoms with Crippen molar-refractivity contribution >= 4 is 182 Å². The second kappa shape index (κ2) is 42.7. The minimum atomic E-state index is -4.67. The molecule has 0 saturated carbocycles. The van der Waals surface area contributed by atoms with Gasteiger partial charge < -0.3 is 49.9 Å². The average molecular weight is 1770 g/mol. The van der Waals surface area contributed by atoms with E-state index in [-0.39, 0.29) is 161 Å². The number of unbranched alkanes of at least 4 members (excludes halogenated alkanes) is 2. The van der Waals surface area contributed by atoms with Crippen LogP contribution in [0.25, 0.3) is 11.4 Å². The van der Waals surface area contributed by atoms with Crippen molar-refractivity contribution in [2.75, 3.05) is 75.9 Å². The maximum Gasteiger partial charge on any atom is 1.00 e. The van der Waals surface area contributed by atoms with E-state index in [0.29, 0.717) is 90.2 Å². The molecule has 0 aliphatic heterocycles. The molecule has 2 heterocycles. The summed E-state index contributed by atoms with van der Waals surface area (Å²) in [6.07, 6.45) is 1.38. The van der Waals surface area contributed by atoms with E-state index >= 15 is 0 Å². The Balaban J connectivity index is 0.000000411. The summed E-state index contributed by atoms with van der Waals surface area (Å²) < 4.78 is 130. The summed E-state index contributed by atoms with van der Waals surface area (Å²) in [6.45, 7) is 19.9. The molecule has 6 N–H and O–H groups in total. The predicted molar refractivity (Wildman–Crippen MR) is 424 cm³/mol. The summed E-state index contributed by atoms with van der Waals surface area (Å²) in [5, 5.41) is 54.6. The fourth-order valence-electron chi connectivity index (χ4n) is 10.5. The SMILES string of the molecule is CCN(CCCCS(=O)(=O)[O-])c1ccc(N=Nc2c(C#N)c(C(C)(C)C)[nH][n+]2-c2c(Cl)cc(N)cc2Cl)c(NC(C)=O)c1.CCN(CCCCS(=O)(=O)[O-])c1ccc(N=Nc2c(C#N)c(C(C)(C)C)nn2-c2c(Cl)cc(NCOc3cccc(S(=O)(=O)[O-])c3)cc2Cl)c(NC(C)=O)c1.O=C(Cl)c1cccc(S(=O)(=O)Cl)c1.[Na+].[Na+]. The first-order valence-corrected chi connectivity index (χ1v) is 42.0. The molecule has 0 aliphatic carbocycles. The zero-order valence-electron chi connectivity index (χ0n) is 63.2. The largest absolute Gasteiger partial charge is 1.00 e. The van der Waals surface area contributed by atoms with Crippen LogP contribution in [-0.2, 0) is 59.8 Å². The van der Waals surface area contributed by atoms with Crippen molar-refractivity contribution in [3.05, 3.63) is 157 Å². The van der Waals surface area contributed by atoms with Crippen molar-refractivity contribution in [1.82, 2.24) is 14.9 Å². The number of aromatic amines is 1. The molecule has 8 rings (SSSR count). The number of nitrogens with one attached hydrogen (secondary N) is 4. The normalized spacial score (nSPS) is 11.7. The van der Waals surface area contributed by atoms with Gasteiger partial charge >= 0.3 is 64.9 Å². The maximum absolute atomic E-state index is 12.2. The standard InChI is InChI=1S/C35H40Cl2N8O8S2.C28H34Cl2N8O4S.C7H4Cl2O3S.2Na/c1-6-44(14-7-8-15-54(47,48)49)24-12-13-30(31(18-24)40-22(2)46)41-42-34-27(20-38)33(35(3,4)5)43-45(34)32-28(36)16-23(17-29(32)37)39-21-53-25-10-9-11-26(19-25)55(50,51)52;1-6-37(11-7-8-12-43(40,41)42)19-9-10-23(24(15-19)33-17(2)39)34-35-27-20(16-31)26(28(3,4)5)36-38(27)25-21(29)13-18(32)14-22(25)30;8-7(10)5-2-1-3-6(4-5)13(9,11)12;;/h9-13,16-19,39H,6-8,14-15,21H2,1-5H3,(H,40,46)(H,47,48,49)(H,50,51,52);9-10,13-15H,6-8,11-12,32H2,1-5H3,(H2,33,35,36,39,40,41,42);1-4H;;/q;;;2*+1/p-2. The summed E-state index contributed by atoms with van der Waals surface area (Å²) in [5.74, 6) is -1.30. The number of azo groups is 2. The number of carbonyl (C=O) groups excluding carboxylic acids is 3. The third kappa shape index (κ3) is 29.3. The van der Waals surface area contributed by atoms with Crippen LogP contribution in [0.5, 0.6) is 5.75 Å². The fraction of sp³-hybridized carbons (Fsp3) is 0.329. The summed E-state index contributed by atoms with van der Waals surface area (Å²) in [5.41, 5.74) is 10.2. The van der Waals surface area contributed by atoms with E-state index in [4.69, 9.17) is 84.3 Å². The average Bonchev–Trinajstić information content (AvgIpc) is 1.67. The number of hydrogen-bond donors (Lipinski definition) is 5. The van der Waals surface area contributed by atoms with Gasteiger partial charge in [0, 0.05) is 101 Å². The Bertz CT molecular complexity index is 5400. The zero-order valence-corrected chi connectivity index (χ0v) is 75.0. The smallest absolute Gasteiger partial charge is 0.748 e. The van der Waals surface area contributed by atoms with E-state index in [9.17, 15) is 72.2 Å². The molecule has 0 unspecified atom stereocenters. The Morgan fingerprint density at radius 2 is 1.13 bits per heavy atom. The minimum Gasteiger partial charge on any atom is -0.748 e. The van der Waals surface area contributed by atoms with Crippen LogP contribution in [0.3, 0.4) is 0 Å².